The van der Waals surface area contributed by atoms with Crippen LogP contribution in [0.1, 0.15) is 34.0 Å². The fraction of sp³-hybridized carbons (Fsp3) is 0.412. The molecule has 3 rings (SSSR count). The fourth-order valence-electron chi connectivity index (χ4n) is 2.80. The second-order valence-corrected chi connectivity index (χ2v) is 6.81. The molecule has 1 aliphatic heterocycles. The lowest BCUT2D eigenvalue weighted by molar-refractivity contribution is 0.357. The number of nitrogens with one attached hydrogen (secondary N) is 1. The molecule has 1 aromatic heterocycles. The predicted molar refractivity (Wildman–Crippen MR) is 89.8 cm³/mol. The Kier molecular flexibility index (Phi) is 4.53. The molecule has 0 spiro atoms. The van der Waals surface area contributed by atoms with E-state index in [1.807, 2.05) is 7.05 Å². The number of benzene rings is 1. The van der Waals surface area contributed by atoms with E-state index in [0.29, 0.717) is 6.04 Å². The highest BCUT2D eigenvalue weighted by molar-refractivity contribution is 7.10. The average Bonchev–Trinajstić information content (AvgIpc) is 3.08. The molecule has 0 saturated heterocycles. The van der Waals surface area contributed by atoms with E-state index < -0.39 is 0 Å². The highest BCUT2D eigenvalue weighted by atomic mass is 35.5. The Morgan fingerprint density at radius 2 is 2.29 bits per heavy atom. The molecule has 1 unspecified atom stereocenters. The molecule has 1 N–H and O–H groups in total. The number of hydrogen-bond acceptors (Lipinski definition) is 3. The van der Waals surface area contributed by atoms with E-state index in [9.17, 15) is 0 Å². The van der Waals surface area contributed by atoms with Crippen molar-refractivity contribution in [2.24, 2.45) is 0 Å². The maximum absolute atomic E-state index is 6.39. The first kappa shape index (κ1) is 14.9. The average molecular weight is 322 g/mol. The van der Waals surface area contributed by atoms with Crippen molar-refractivity contribution < 1.29 is 4.74 Å². The molecule has 1 atom stereocenters. The molecule has 2 heterocycles. The van der Waals surface area contributed by atoms with Gasteiger partial charge in [-0.15, -0.1) is 11.3 Å². The van der Waals surface area contributed by atoms with Crippen LogP contribution < -0.4 is 10.1 Å². The van der Waals surface area contributed by atoms with Crippen molar-refractivity contribution in [3.8, 4) is 5.75 Å². The van der Waals surface area contributed by atoms with Crippen molar-refractivity contribution in [1.82, 2.24) is 5.32 Å². The van der Waals surface area contributed by atoms with Gasteiger partial charge in [0.25, 0.3) is 0 Å². The molecular formula is C17H20ClNOS. The van der Waals surface area contributed by atoms with Crippen molar-refractivity contribution >= 4 is 22.9 Å². The van der Waals surface area contributed by atoms with Crippen LogP contribution in [0.3, 0.4) is 0 Å². The summed E-state index contributed by atoms with van der Waals surface area (Å²) in [5.74, 6) is 1.06. The summed E-state index contributed by atoms with van der Waals surface area (Å²) in [5.41, 5.74) is 3.90. The molecule has 21 heavy (non-hydrogen) atoms. The van der Waals surface area contributed by atoms with E-state index in [-0.39, 0.29) is 0 Å². The fourth-order valence-corrected chi connectivity index (χ4v) is 4.27. The van der Waals surface area contributed by atoms with Crippen LogP contribution in [-0.4, -0.2) is 13.7 Å². The third kappa shape index (κ3) is 3.10. The van der Waals surface area contributed by atoms with Crippen LogP contribution in [0.2, 0.25) is 5.02 Å². The Morgan fingerprint density at radius 1 is 1.43 bits per heavy atom. The van der Waals surface area contributed by atoms with Gasteiger partial charge in [0.1, 0.15) is 5.75 Å². The van der Waals surface area contributed by atoms with E-state index in [0.717, 1.165) is 36.6 Å². The molecule has 1 aromatic carbocycles. The first-order chi connectivity index (χ1) is 10.2. The second kappa shape index (κ2) is 6.39. The van der Waals surface area contributed by atoms with E-state index in [4.69, 9.17) is 16.3 Å². The third-order valence-electron chi connectivity index (χ3n) is 4.07. The Balaban J connectivity index is 1.69. The maximum atomic E-state index is 6.39. The first-order valence-corrected chi connectivity index (χ1v) is 8.60. The monoisotopic (exact) mass is 321 g/mol. The molecule has 1 aliphatic rings. The Hall–Kier alpha value is -1.03. The van der Waals surface area contributed by atoms with Gasteiger partial charge in [-0.05, 0) is 54.9 Å². The smallest absolute Gasteiger partial charge is 0.122 e. The summed E-state index contributed by atoms with van der Waals surface area (Å²) >= 11 is 8.14. The van der Waals surface area contributed by atoms with Gasteiger partial charge in [0, 0.05) is 17.3 Å². The van der Waals surface area contributed by atoms with Crippen LogP contribution in [0.4, 0.5) is 0 Å². The summed E-state index contributed by atoms with van der Waals surface area (Å²) in [5, 5.41) is 6.45. The van der Waals surface area contributed by atoms with Gasteiger partial charge in [-0.2, -0.15) is 0 Å². The summed E-state index contributed by atoms with van der Waals surface area (Å²) in [6, 6.07) is 6.89. The van der Waals surface area contributed by atoms with Crippen molar-refractivity contribution in [1.29, 1.82) is 0 Å². The number of aryl methyl sites for hydroxylation is 2. The molecule has 0 saturated carbocycles. The molecule has 0 amide bonds. The molecule has 4 heteroatoms. The number of halogens is 1. The van der Waals surface area contributed by atoms with E-state index in [2.05, 4.69) is 35.8 Å². The minimum atomic E-state index is 0.320. The molecule has 2 aromatic rings. The molecule has 2 nitrogen and oxygen atoms in total. The molecular weight excluding hydrogens is 302 g/mol. The molecule has 0 bridgehead atoms. The van der Waals surface area contributed by atoms with E-state index in [1.165, 1.54) is 21.6 Å². The van der Waals surface area contributed by atoms with Gasteiger partial charge in [0.15, 0.2) is 0 Å². The zero-order valence-corrected chi connectivity index (χ0v) is 14.0. The van der Waals surface area contributed by atoms with Gasteiger partial charge in [0.05, 0.1) is 11.6 Å². The number of hydrogen-bond donors (Lipinski definition) is 1. The Morgan fingerprint density at radius 3 is 3.00 bits per heavy atom. The van der Waals surface area contributed by atoms with Gasteiger partial charge in [-0.1, -0.05) is 23.7 Å². The highest BCUT2D eigenvalue weighted by Gasteiger charge is 2.17. The zero-order valence-electron chi connectivity index (χ0n) is 12.4. The normalized spacial score (nSPS) is 14.8. The van der Waals surface area contributed by atoms with Crippen LogP contribution >= 0.6 is 22.9 Å². The van der Waals surface area contributed by atoms with Crippen molar-refractivity contribution in [3.05, 3.63) is 50.2 Å². The highest BCUT2D eigenvalue weighted by Crippen LogP contribution is 2.34. The minimum Gasteiger partial charge on any atom is -0.493 e. The second-order valence-electron chi connectivity index (χ2n) is 5.52. The lowest BCUT2D eigenvalue weighted by Gasteiger charge is -2.15. The largest absolute Gasteiger partial charge is 0.493 e. The van der Waals surface area contributed by atoms with Gasteiger partial charge in [0.2, 0.25) is 0 Å². The summed E-state index contributed by atoms with van der Waals surface area (Å²) in [4.78, 5) is 1.25. The summed E-state index contributed by atoms with van der Waals surface area (Å²) in [6.45, 7) is 2.89. The Labute approximate surface area is 135 Å². The minimum absolute atomic E-state index is 0.320. The van der Waals surface area contributed by atoms with Crippen LogP contribution in [0, 0.1) is 6.92 Å². The lowest BCUT2D eigenvalue weighted by Crippen LogP contribution is -2.16. The van der Waals surface area contributed by atoms with E-state index in [1.54, 1.807) is 11.3 Å². The number of rotatable bonds is 5. The standard InChI is InChI=1S/C17H20ClNOS/c1-11-10-21-17(16(11)18)14(19-2)5-3-12-4-6-15-13(9-12)7-8-20-15/h4,6,9-10,14,19H,3,5,7-8H2,1-2H3. The van der Waals surface area contributed by atoms with Crippen LogP contribution in [0.15, 0.2) is 23.6 Å². The molecule has 0 fully saturated rings. The third-order valence-corrected chi connectivity index (χ3v) is 5.89. The lowest BCUT2D eigenvalue weighted by atomic mass is 10.0. The zero-order chi connectivity index (χ0) is 14.8. The SMILES string of the molecule is CNC(CCc1ccc2c(c1)CCO2)c1scc(C)c1Cl. The van der Waals surface area contributed by atoms with Crippen LogP contribution in [0.25, 0.3) is 0 Å². The number of fused-ring (bicyclic) bond motifs is 1. The number of thiophene rings is 1. The number of ether oxygens (including phenoxy) is 1. The van der Waals surface area contributed by atoms with Gasteiger partial charge in [-0.25, -0.2) is 0 Å². The topological polar surface area (TPSA) is 21.3 Å². The summed E-state index contributed by atoms with van der Waals surface area (Å²) in [6.07, 6.45) is 3.14. The van der Waals surface area contributed by atoms with Crippen molar-refractivity contribution in [3.63, 3.8) is 0 Å². The van der Waals surface area contributed by atoms with Gasteiger partial charge in [-0.3, -0.25) is 0 Å². The Bertz CT molecular complexity index is 638. The maximum Gasteiger partial charge on any atom is 0.122 e. The van der Waals surface area contributed by atoms with E-state index >= 15 is 0 Å². The molecule has 112 valence electrons. The van der Waals surface area contributed by atoms with Gasteiger partial charge >= 0.3 is 0 Å². The molecule has 0 aliphatic carbocycles. The van der Waals surface area contributed by atoms with Crippen LogP contribution in [0.5, 0.6) is 5.75 Å². The van der Waals surface area contributed by atoms with Crippen molar-refractivity contribution in [2.45, 2.75) is 32.2 Å². The predicted octanol–water partition coefficient (Wildman–Crippen LogP) is 4.54. The van der Waals surface area contributed by atoms with Gasteiger partial charge < -0.3 is 10.1 Å². The first-order valence-electron chi connectivity index (χ1n) is 7.34. The quantitative estimate of drug-likeness (QED) is 0.873. The molecule has 0 radical (unpaired) electrons. The summed E-state index contributed by atoms with van der Waals surface area (Å²) < 4.78 is 5.56. The van der Waals surface area contributed by atoms with Crippen LogP contribution in [-0.2, 0) is 12.8 Å². The van der Waals surface area contributed by atoms with Crippen molar-refractivity contribution in [2.75, 3.05) is 13.7 Å². The summed E-state index contributed by atoms with van der Waals surface area (Å²) in [7, 11) is 2.01.